The van der Waals surface area contributed by atoms with E-state index in [-0.39, 0.29) is 18.3 Å². The molecule has 0 aliphatic rings. The van der Waals surface area contributed by atoms with Crippen molar-refractivity contribution in [3.05, 3.63) is 58.3 Å². The summed E-state index contributed by atoms with van der Waals surface area (Å²) in [7, 11) is 0. The lowest BCUT2D eigenvalue weighted by Crippen LogP contribution is -2.40. The summed E-state index contributed by atoms with van der Waals surface area (Å²) in [5, 5.41) is 4.98. The normalized spacial score (nSPS) is 10.3. The quantitative estimate of drug-likeness (QED) is 0.727. The molecule has 0 unspecified atom stereocenters. The Morgan fingerprint density at radius 2 is 1.91 bits per heavy atom. The van der Waals surface area contributed by atoms with Crippen LogP contribution < -0.4 is 11.1 Å². The van der Waals surface area contributed by atoms with Crippen LogP contribution in [-0.4, -0.2) is 37.0 Å². The summed E-state index contributed by atoms with van der Waals surface area (Å²) in [4.78, 5) is 15.3. The Morgan fingerprint density at radius 3 is 2.57 bits per heavy atom. The molecule has 4 nitrogen and oxygen atoms in total. The van der Waals surface area contributed by atoms with Crippen molar-refractivity contribution >= 4 is 29.7 Å². The van der Waals surface area contributed by atoms with Crippen molar-refractivity contribution in [2.24, 2.45) is 5.73 Å². The minimum Gasteiger partial charge on any atom is -0.350 e. The number of nitrogens with two attached hydrogens (primary N) is 1. The summed E-state index contributed by atoms with van der Waals surface area (Å²) >= 11 is 1.65. The van der Waals surface area contributed by atoms with Gasteiger partial charge in [0.1, 0.15) is 0 Å². The lowest BCUT2D eigenvalue weighted by Gasteiger charge is -2.21. The fraction of sp³-hybridized carbons (Fsp3) is 0.353. The highest BCUT2D eigenvalue weighted by Gasteiger charge is 2.10. The fourth-order valence-corrected chi connectivity index (χ4v) is 2.89. The number of nitrogens with zero attached hydrogens (tertiary/aromatic N) is 1. The van der Waals surface area contributed by atoms with Crippen molar-refractivity contribution in [1.82, 2.24) is 10.2 Å². The molecule has 1 heterocycles. The predicted molar refractivity (Wildman–Crippen MR) is 99.1 cm³/mol. The first-order valence-corrected chi connectivity index (χ1v) is 8.41. The third-order valence-corrected chi connectivity index (χ3v) is 4.29. The van der Waals surface area contributed by atoms with Gasteiger partial charge in [0.2, 0.25) is 5.91 Å². The number of carbonyl (C=O) groups excluding carboxylic acids is 1. The first-order valence-electron chi connectivity index (χ1n) is 7.53. The van der Waals surface area contributed by atoms with E-state index in [0.29, 0.717) is 19.6 Å². The van der Waals surface area contributed by atoms with Gasteiger partial charge in [-0.25, -0.2) is 0 Å². The van der Waals surface area contributed by atoms with E-state index in [9.17, 15) is 4.79 Å². The zero-order chi connectivity index (χ0) is 15.6. The molecule has 0 fully saturated rings. The second kappa shape index (κ2) is 11.2. The van der Waals surface area contributed by atoms with Gasteiger partial charge in [-0.05, 0) is 23.4 Å². The van der Waals surface area contributed by atoms with E-state index in [1.54, 1.807) is 11.3 Å². The van der Waals surface area contributed by atoms with Crippen LogP contribution in [0.5, 0.6) is 0 Å². The van der Waals surface area contributed by atoms with Gasteiger partial charge >= 0.3 is 0 Å². The Morgan fingerprint density at radius 1 is 1.13 bits per heavy atom. The standard InChI is InChI=1S/C17H23N3OS.ClH/c18-9-11-20(10-8-15-5-2-1-3-6-15)14-17(21)19-13-16-7-4-12-22-16;/h1-7,12H,8-11,13-14,18H2,(H,19,21);1H. The van der Waals surface area contributed by atoms with Crippen molar-refractivity contribution in [2.45, 2.75) is 13.0 Å². The van der Waals surface area contributed by atoms with E-state index >= 15 is 0 Å². The van der Waals surface area contributed by atoms with Crippen LogP contribution in [0.1, 0.15) is 10.4 Å². The van der Waals surface area contributed by atoms with Gasteiger partial charge < -0.3 is 11.1 Å². The maximum Gasteiger partial charge on any atom is 0.234 e. The summed E-state index contributed by atoms with van der Waals surface area (Å²) in [6.45, 7) is 3.14. The molecular formula is C17H24ClN3OS. The maximum atomic E-state index is 12.0. The van der Waals surface area contributed by atoms with Gasteiger partial charge in [0.05, 0.1) is 13.1 Å². The van der Waals surface area contributed by atoms with Gasteiger partial charge in [-0.3, -0.25) is 9.69 Å². The molecule has 1 amide bonds. The van der Waals surface area contributed by atoms with E-state index in [4.69, 9.17) is 5.73 Å². The number of carbonyl (C=O) groups is 1. The molecule has 0 atom stereocenters. The average molecular weight is 354 g/mol. The predicted octanol–water partition coefficient (Wildman–Crippen LogP) is 2.29. The minimum atomic E-state index is 0. The third-order valence-electron chi connectivity index (χ3n) is 3.41. The lowest BCUT2D eigenvalue weighted by atomic mass is 10.1. The molecule has 2 aromatic rings. The first-order chi connectivity index (χ1) is 10.8. The molecule has 0 radical (unpaired) electrons. The van der Waals surface area contributed by atoms with Crippen LogP contribution in [0.2, 0.25) is 0 Å². The fourth-order valence-electron chi connectivity index (χ4n) is 2.24. The number of amides is 1. The van der Waals surface area contributed by atoms with Crippen LogP contribution in [-0.2, 0) is 17.8 Å². The number of rotatable bonds is 9. The smallest absolute Gasteiger partial charge is 0.234 e. The van der Waals surface area contributed by atoms with Crippen molar-refractivity contribution in [3.8, 4) is 0 Å². The lowest BCUT2D eigenvalue weighted by molar-refractivity contribution is -0.122. The molecule has 0 aliphatic carbocycles. The molecule has 1 aromatic carbocycles. The first kappa shape index (κ1) is 19.6. The molecule has 0 spiro atoms. The zero-order valence-corrected chi connectivity index (χ0v) is 14.7. The molecule has 0 aliphatic heterocycles. The van der Waals surface area contributed by atoms with Gasteiger partial charge in [-0.2, -0.15) is 0 Å². The molecule has 126 valence electrons. The van der Waals surface area contributed by atoms with Gasteiger partial charge in [-0.1, -0.05) is 36.4 Å². The number of benzene rings is 1. The van der Waals surface area contributed by atoms with E-state index in [2.05, 4.69) is 22.3 Å². The van der Waals surface area contributed by atoms with Gasteiger partial charge in [0.15, 0.2) is 0 Å². The Hall–Kier alpha value is -1.40. The van der Waals surface area contributed by atoms with Gasteiger partial charge in [0, 0.05) is 24.5 Å². The highest BCUT2D eigenvalue weighted by Crippen LogP contribution is 2.07. The summed E-state index contributed by atoms with van der Waals surface area (Å²) in [5.41, 5.74) is 6.93. The molecule has 6 heteroatoms. The molecule has 3 N–H and O–H groups in total. The van der Waals surface area contributed by atoms with Crippen LogP contribution in [0.4, 0.5) is 0 Å². The number of thiophene rings is 1. The van der Waals surface area contributed by atoms with Crippen molar-refractivity contribution in [2.75, 3.05) is 26.2 Å². The second-order valence-corrected chi connectivity index (χ2v) is 6.19. The van der Waals surface area contributed by atoms with E-state index in [1.165, 1.54) is 10.4 Å². The number of hydrogen-bond donors (Lipinski definition) is 2. The van der Waals surface area contributed by atoms with Crippen molar-refractivity contribution in [1.29, 1.82) is 0 Å². The molecule has 1 aromatic heterocycles. The van der Waals surface area contributed by atoms with E-state index in [0.717, 1.165) is 19.5 Å². The minimum absolute atomic E-state index is 0. The molecular weight excluding hydrogens is 330 g/mol. The molecule has 0 bridgehead atoms. The van der Waals surface area contributed by atoms with Crippen molar-refractivity contribution in [3.63, 3.8) is 0 Å². The molecule has 0 saturated carbocycles. The van der Waals surface area contributed by atoms with Crippen LogP contribution in [0, 0.1) is 0 Å². The monoisotopic (exact) mass is 353 g/mol. The SMILES string of the molecule is Cl.NCCN(CCc1ccccc1)CC(=O)NCc1cccs1. The maximum absolute atomic E-state index is 12.0. The summed E-state index contributed by atoms with van der Waals surface area (Å²) in [6, 6.07) is 14.3. The number of halogens is 1. The Bertz CT molecular complexity index is 548. The van der Waals surface area contributed by atoms with E-state index < -0.39 is 0 Å². The molecule has 0 saturated heterocycles. The van der Waals surface area contributed by atoms with Gasteiger partial charge in [-0.15, -0.1) is 23.7 Å². The molecule has 23 heavy (non-hydrogen) atoms. The van der Waals surface area contributed by atoms with Crippen LogP contribution in [0.25, 0.3) is 0 Å². The molecule has 2 rings (SSSR count). The summed E-state index contributed by atoms with van der Waals surface area (Å²) < 4.78 is 0. The number of hydrogen-bond acceptors (Lipinski definition) is 4. The van der Waals surface area contributed by atoms with Crippen LogP contribution >= 0.6 is 23.7 Å². The summed E-state index contributed by atoms with van der Waals surface area (Å²) in [6.07, 6.45) is 0.930. The second-order valence-electron chi connectivity index (χ2n) is 5.16. The average Bonchev–Trinajstić information content (AvgIpc) is 3.05. The van der Waals surface area contributed by atoms with Crippen LogP contribution in [0.3, 0.4) is 0 Å². The van der Waals surface area contributed by atoms with Crippen LogP contribution in [0.15, 0.2) is 47.8 Å². The zero-order valence-electron chi connectivity index (χ0n) is 13.1. The highest BCUT2D eigenvalue weighted by atomic mass is 35.5. The Kier molecular flexibility index (Phi) is 9.55. The largest absolute Gasteiger partial charge is 0.350 e. The van der Waals surface area contributed by atoms with E-state index in [1.807, 2.05) is 35.7 Å². The topological polar surface area (TPSA) is 58.4 Å². The highest BCUT2D eigenvalue weighted by molar-refractivity contribution is 7.09. The third kappa shape index (κ3) is 7.61. The Balaban J connectivity index is 0.00000264. The Labute approximate surface area is 148 Å². The van der Waals surface area contributed by atoms with Gasteiger partial charge in [0.25, 0.3) is 0 Å². The summed E-state index contributed by atoms with van der Waals surface area (Å²) in [5.74, 6) is 0.0508. The van der Waals surface area contributed by atoms with Crippen molar-refractivity contribution < 1.29 is 4.79 Å². The number of nitrogens with one attached hydrogen (secondary N) is 1.